The third-order valence-electron chi connectivity index (χ3n) is 2.71. The van der Waals surface area contributed by atoms with E-state index in [1.165, 1.54) is 6.07 Å². The molecule has 0 aliphatic rings. The minimum Gasteiger partial charge on any atom is -0.369 e. The first-order valence-electron chi connectivity index (χ1n) is 5.52. The van der Waals surface area contributed by atoms with Crippen LogP contribution in [0.25, 0.3) is 0 Å². The van der Waals surface area contributed by atoms with Crippen LogP contribution in [0.4, 0.5) is 4.39 Å². The van der Waals surface area contributed by atoms with Crippen LogP contribution < -0.4 is 0 Å². The van der Waals surface area contributed by atoms with Gasteiger partial charge in [-0.1, -0.05) is 48.0 Å². The second kappa shape index (κ2) is 6.36. The van der Waals surface area contributed by atoms with E-state index >= 15 is 0 Å². The van der Waals surface area contributed by atoms with E-state index in [9.17, 15) is 4.39 Å². The molecule has 0 spiro atoms. The molecule has 0 saturated carbocycles. The largest absolute Gasteiger partial charge is 0.369 e. The summed E-state index contributed by atoms with van der Waals surface area (Å²) in [5, 5.41) is 0.602. The third kappa shape index (κ3) is 3.56. The fraction of sp³-hybridized carbons (Fsp3) is 0.538. The van der Waals surface area contributed by atoms with Crippen molar-refractivity contribution < 1.29 is 9.13 Å². The van der Waals surface area contributed by atoms with E-state index in [0.29, 0.717) is 16.8 Å². The van der Waals surface area contributed by atoms with Gasteiger partial charge in [0.1, 0.15) is 5.82 Å². The van der Waals surface area contributed by atoms with Crippen LogP contribution >= 0.6 is 15.9 Å². The van der Waals surface area contributed by atoms with Gasteiger partial charge in [-0.2, -0.15) is 0 Å². The zero-order valence-corrected chi connectivity index (χ0v) is 11.5. The maximum atomic E-state index is 13.6. The minimum atomic E-state index is -0.224. The van der Waals surface area contributed by atoms with Gasteiger partial charge in [0.15, 0.2) is 0 Å². The van der Waals surface area contributed by atoms with E-state index in [1.807, 2.05) is 13.0 Å². The van der Waals surface area contributed by atoms with Crippen LogP contribution in [0.5, 0.6) is 0 Å². The van der Waals surface area contributed by atoms with Crippen LogP contribution in [0.15, 0.2) is 24.3 Å². The summed E-state index contributed by atoms with van der Waals surface area (Å²) in [7, 11) is 0. The van der Waals surface area contributed by atoms with Crippen LogP contribution in [0.3, 0.4) is 0 Å². The molecule has 0 fully saturated rings. The Hall–Kier alpha value is -0.410. The first kappa shape index (κ1) is 13.7. The van der Waals surface area contributed by atoms with E-state index in [4.69, 9.17) is 4.74 Å². The van der Waals surface area contributed by atoms with Gasteiger partial charge in [-0.05, 0) is 18.9 Å². The lowest BCUT2D eigenvalue weighted by molar-refractivity contribution is -0.0157. The summed E-state index contributed by atoms with van der Waals surface area (Å²) in [4.78, 5) is 0. The quantitative estimate of drug-likeness (QED) is 0.733. The Labute approximate surface area is 105 Å². The van der Waals surface area contributed by atoms with Gasteiger partial charge >= 0.3 is 0 Å². The van der Waals surface area contributed by atoms with Gasteiger partial charge in [0.05, 0.1) is 12.2 Å². The summed E-state index contributed by atoms with van der Waals surface area (Å²) in [6.07, 6.45) is -0.110. The van der Waals surface area contributed by atoms with Crippen molar-refractivity contribution in [3.8, 4) is 0 Å². The maximum absolute atomic E-state index is 13.6. The predicted molar refractivity (Wildman–Crippen MR) is 68.3 cm³/mol. The summed E-state index contributed by atoms with van der Waals surface area (Å²) in [5.74, 6) is 0.219. The standard InChI is InChI=1S/C13H18BrFO/c1-9(2)10(3)16-13(8-14)11-6-4-5-7-12(11)15/h4-7,9-10,13H,8H2,1-3H3. The van der Waals surface area contributed by atoms with Crippen LogP contribution in [0, 0.1) is 11.7 Å². The van der Waals surface area contributed by atoms with E-state index in [0.717, 1.165) is 0 Å². The molecule has 0 aliphatic carbocycles. The monoisotopic (exact) mass is 288 g/mol. The summed E-state index contributed by atoms with van der Waals surface area (Å²) >= 11 is 3.37. The molecular weight excluding hydrogens is 271 g/mol. The molecule has 1 nitrogen and oxygen atoms in total. The third-order valence-corrected chi connectivity index (χ3v) is 3.30. The molecule has 0 aromatic heterocycles. The Balaban J connectivity index is 2.79. The van der Waals surface area contributed by atoms with E-state index in [2.05, 4.69) is 29.8 Å². The topological polar surface area (TPSA) is 9.23 Å². The van der Waals surface area contributed by atoms with Gasteiger partial charge in [-0.25, -0.2) is 4.39 Å². The molecule has 3 heteroatoms. The summed E-state index contributed by atoms with van der Waals surface area (Å²) < 4.78 is 19.4. The molecule has 2 unspecified atom stereocenters. The minimum absolute atomic E-state index is 0.113. The highest BCUT2D eigenvalue weighted by Crippen LogP contribution is 2.25. The first-order chi connectivity index (χ1) is 7.56. The molecule has 1 aromatic carbocycles. The van der Waals surface area contributed by atoms with Gasteiger partial charge in [0.2, 0.25) is 0 Å². The highest BCUT2D eigenvalue weighted by molar-refractivity contribution is 9.09. The molecule has 0 saturated heterocycles. The van der Waals surface area contributed by atoms with Gasteiger partial charge < -0.3 is 4.74 Å². The first-order valence-corrected chi connectivity index (χ1v) is 6.64. The fourth-order valence-corrected chi connectivity index (χ4v) is 1.85. The Morgan fingerprint density at radius 3 is 2.38 bits per heavy atom. The van der Waals surface area contributed by atoms with Crippen molar-refractivity contribution in [1.29, 1.82) is 0 Å². The highest BCUT2D eigenvalue weighted by atomic mass is 79.9. The molecule has 0 N–H and O–H groups in total. The van der Waals surface area contributed by atoms with Crippen molar-refractivity contribution in [3.05, 3.63) is 35.6 Å². The number of halogens is 2. The van der Waals surface area contributed by atoms with Gasteiger partial charge in [-0.3, -0.25) is 0 Å². The van der Waals surface area contributed by atoms with Crippen molar-refractivity contribution in [2.24, 2.45) is 5.92 Å². The molecular formula is C13H18BrFO. The van der Waals surface area contributed by atoms with Gasteiger partial charge in [0, 0.05) is 10.9 Å². The van der Waals surface area contributed by atoms with Crippen LogP contribution in [0.1, 0.15) is 32.4 Å². The molecule has 0 bridgehead atoms. The predicted octanol–water partition coefficient (Wildman–Crippen LogP) is 4.32. The van der Waals surface area contributed by atoms with Crippen LogP contribution in [0.2, 0.25) is 0 Å². The lowest BCUT2D eigenvalue weighted by Crippen LogP contribution is -2.20. The molecule has 90 valence electrons. The van der Waals surface area contributed by atoms with E-state index in [-0.39, 0.29) is 18.0 Å². The normalized spacial score (nSPS) is 15.1. The SMILES string of the molecule is CC(C)C(C)OC(CBr)c1ccccc1F. The van der Waals surface area contributed by atoms with Crippen LogP contribution in [-0.4, -0.2) is 11.4 Å². The molecule has 0 amide bonds. The molecule has 1 rings (SSSR count). The second-order valence-corrected chi connectivity index (χ2v) is 4.90. The van der Waals surface area contributed by atoms with Crippen molar-refractivity contribution in [1.82, 2.24) is 0 Å². The molecule has 2 atom stereocenters. The number of alkyl halides is 1. The van der Waals surface area contributed by atoms with Gasteiger partial charge in [0.25, 0.3) is 0 Å². The zero-order valence-electron chi connectivity index (χ0n) is 9.91. The zero-order chi connectivity index (χ0) is 12.1. The Kier molecular flexibility index (Phi) is 5.42. The molecule has 0 heterocycles. The van der Waals surface area contributed by atoms with Crippen molar-refractivity contribution in [2.45, 2.75) is 33.0 Å². The lowest BCUT2D eigenvalue weighted by atomic mass is 10.1. The van der Waals surface area contributed by atoms with Crippen molar-refractivity contribution in [2.75, 3.05) is 5.33 Å². The summed E-state index contributed by atoms with van der Waals surface area (Å²) in [5.41, 5.74) is 0.617. The Morgan fingerprint density at radius 2 is 1.88 bits per heavy atom. The number of ether oxygens (including phenoxy) is 1. The maximum Gasteiger partial charge on any atom is 0.129 e. The number of hydrogen-bond donors (Lipinski definition) is 0. The Morgan fingerprint density at radius 1 is 1.25 bits per heavy atom. The number of rotatable bonds is 5. The molecule has 0 radical (unpaired) electrons. The van der Waals surface area contributed by atoms with Gasteiger partial charge in [-0.15, -0.1) is 0 Å². The summed E-state index contributed by atoms with van der Waals surface area (Å²) in [6, 6.07) is 6.76. The van der Waals surface area contributed by atoms with Crippen LogP contribution in [-0.2, 0) is 4.74 Å². The highest BCUT2D eigenvalue weighted by Gasteiger charge is 2.19. The lowest BCUT2D eigenvalue weighted by Gasteiger charge is -2.24. The molecule has 0 aliphatic heterocycles. The molecule has 1 aromatic rings. The summed E-state index contributed by atoms with van der Waals surface area (Å²) in [6.45, 7) is 6.20. The van der Waals surface area contributed by atoms with E-state index in [1.54, 1.807) is 12.1 Å². The van der Waals surface area contributed by atoms with Crippen molar-refractivity contribution >= 4 is 15.9 Å². The smallest absolute Gasteiger partial charge is 0.129 e. The average molecular weight is 289 g/mol. The number of hydrogen-bond acceptors (Lipinski definition) is 1. The fourth-order valence-electron chi connectivity index (χ4n) is 1.35. The van der Waals surface area contributed by atoms with E-state index < -0.39 is 0 Å². The second-order valence-electron chi connectivity index (χ2n) is 4.25. The number of benzene rings is 1. The molecule has 16 heavy (non-hydrogen) atoms. The van der Waals surface area contributed by atoms with Crippen molar-refractivity contribution in [3.63, 3.8) is 0 Å². The average Bonchev–Trinajstić information content (AvgIpc) is 2.26. The Bertz CT molecular complexity index is 327.